The zero-order valence-corrected chi connectivity index (χ0v) is 19.2. The van der Waals surface area contributed by atoms with Crippen molar-refractivity contribution >= 4 is 5.97 Å². The van der Waals surface area contributed by atoms with E-state index in [2.05, 4.69) is 13.5 Å². The van der Waals surface area contributed by atoms with Crippen LogP contribution in [0, 0.1) is 41.3 Å². The number of halogens is 1. The van der Waals surface area contributed by atoms with Crippen molar-refractivity contribution in [2.24, 2.45) is 35.5 Å². The van der Waals surface area contributed by atoms with Gasteiger partial charge in [0.2, 0.25) is 0 Å². The first kappa shape index (κ1) is 22.6. The van der Waals surface area contributed by atoms with Crippen LogP contribution >= 0.6 is 0 Å². The van der Waals surface area contributed by atoms with Gasteiger partial charge >= 0.3 is 5.97 Å². The molecule has 3 fully saturated rings. The van der Waals surface area contributed by atoms with Gasteiger partial charge in [0.05, 0.1) is 5.92 Å². The molecule has 3 aliphatic carbocycles. The molecule has 0 radical (unpaired) electrons. The maximum absolute atomic E-state index is 14.4. The molecule has 3 saturated carbocycles. The third-order valence-electron chi connectivity index (χ3n) is 8.58. The maximum Gasteiger partial charge on any atom is 0.314 e. The van der Waals surface area contributed by atoms with Crippen molar-refractivity contribution in [3.63, 3.8) is 0 Å². The van der Waals surface area contributed by atoms with Crippen molar-refractivity contribution in [2.45, 2.75) is 84.0 Å². The first-order valence-corrected chi connectivity index (χ1v) is 12.7. The molecule has 0 spiro atoms. The first-order valence-electron chi connectivity index (χ1n) is 12.7. The molecular formula is C28H39FO2. The highest BCUT2D eigenvalue weighted by atomic mass is 19.1. The van der Waals surface area contributed by atoms with Crippen molar-refractivity contribution in [1.29, 1.82) is 0 Å². The van der Waals surface area contributed by atoms with E-state index in [-0.39, 0.29) is 17.7 Å². The van der Waals surface area contributed by atoms with Crippen LogP contribution in [0.4, 0.5) is 4.39 Å². The number of hydrogen-bond acceptors (Lipinski definition) is 2. The lowest BCUT2D eigenvalue weighted by molar-refractivity contribution is -0.144. The summed E-state index contributed by atoms with van der Waals surface area (Å²) in [6.45, 7) is 6.08. The fourth-order valence-corrected chi connectivity index (χ4v) is 6.72. The number of allylic oxidation sites excluding steroid dienone is 1. The van der Waals surface area contributed by atoms with Crippen molar-refractivity contribution in [2.75, 3.05) is 0 Å². The summed E-state index contributed by atoms with van der Waals surface area (Å²) < 4.78 is 20.1. The van der Waals surface area contributed by atoms with Crippen LogP contribution in [0.1, 0.15) is 83.1 Å². The normalized spacial score (nSPS) is 33.4. The number of benzene rings is 1. The van der Waals surface area contributed by atoms with Gasteiger partial charge in [0.15, 0.2) is 0 Å². The zero-order chi connectivity index (χ0) is 21.8. The van der Waals surface area contributed by atoms with Crippen LogP contribution in [0.5, 0.6) is 5.75 Å². The second-order valence-corrected chi connectivity index (χ2v) is 10.6. The van der Waals surface area contributed by atoms with Crippen LogP contribution in [0.15, 0.2) is 30.9 Å². The molecule has 31 heavy (non-hydrogen) atoms. The third kappa shape index (κ3) is 5.41. The Morgan fingerprint density at radius 2 is 1.84 bits per heavy atom. The molecule has 0 amide bonds. The summed E-state index contributed by atoms with van der Waals surface area (Å²) in [4.78, 5) is 13.1. The quantitative estimate of drug-likeness (QED) is 0.267. The van der Waals surface area contributed by atoms with E-state index in [0.717, 1.165) is 43.4 Å². The Labute approximate surface area is 187 Å². The smallest absolute Gasteiger partial charge is 0.314 e. The van der Waals surface area contributed by atoms with Gasteiger partial charge in [0, 0.05) is 6.07 Å². The SMILES string of the molecule is C=CCCc1ccc(OC(=O)C2CCCC3CC(C4CCC(C)CC4)CCC32)cc1F. The summed E-state index contributed by atoms with van der Waals surface area (Å²) >= 11 is 0. The minimum absolute atomic E-state index is 0.0189. The summed E-state index contributed by atoms with van der Waals surface area (Å²) in [6.07, 6.45) is 15.8. The average molecular weight is 427 g/mol. The molecule has 4 atom stereocenters. The standard InChI is InChI=1S/C28H39FO2/c1-3-4-6-21-13-15-24(18-27(21)29)31-28(30)26-8-5-7-23-17-22(14-16-25(23)26)20-11-9-19(2)10-12-20/h3,13,15,18-20,22-23,25-26H,1,4-12,14,16-17H2,2H3. The van der Waals surface area contributed by atoms with Crippen LogP contribution in [-0.4, -0.2) is 5.97 Å². The molecule has 0 saturated heterocycles. The van der Waals surface area contributed by atoms with Gasteiger partial charge in [-0.3, -0.25) is 4.79 Å². The summed E-state index contributed by atoms with van der Waals surface area (Å²) in [6, 6.07) is 4.85. The van der Waals surface area contributed by atoms with Gasteiger partial charge in [-0.2, -0.15) is 0 Å². The lowest BCUT2D eigenvalue weighted by atomic mass is 9.59. The Morgan fingerprint density at radius 3 is 2.58 bits per heavy atom. The maximum atomic E-state index is 14.4. The van der Waals surface area contributed by atoms with Gasteiger partial charge in [-0.05, 0) is 92.6 Å². The van der Waals surface area contributed by atoms with E-state index in [1.54, 1.807) is 18.2 Å². The van der Waals surface area contributed by atoms with Crippen molar-refractivity contribution in [3.05, 3.63) is 42.2 Å². The van der Waals surface area contributed by atoms with E-state index in [9.17, 15) is 9.18 Å². The Kier molecular flexibility index (Phi) is 7.51. The summed E-state index contributed by atoms with van der Waals surface area (Å²) in [5.41, 5.74) is 0.646. The van der Waals surface area contributed by atoms with E-state index in [4.69, 9.17) is 4.74 Å². The molecule has 3 aliphatic rings. The van der Waals surface area contributed by atoms with Crippen molar-refractivity contribution < 1.29 is 13.9 Å². The molecule has 1 aromatic carbocycles. The predicted octanol–water partition coefficient (Wildman–Crippen LogP) is 7.51. The average Bonchev–Trinajstić information content (AvgIpc) is 2.78. The molecule has 3 heteroatoms. The topological polar surface area (TPSA) is 26.3 Å². The van der Waals surface area contributed by atoms with Crippen LogP contribution in [0.25, 0.3) is 0 Å². The number of rotatable bonds is 6. The van der Waals surface area contributed by atoms with Crippen LogP contribution in [0.2, 0.25) is 0 Å². The fourth-order valence-electron chi connectivity index (χ4n) is 6.72. The van der Waals surface area contributed by atoms with Crippen molar-refractivity contribution in [3.8, 4) is 5.75 Å². The van der Waals surface area contributed by atoms with E-state index in [1.165, 1.54) is 51.0 Å². The van der Waals surface area contributed by atoms with Crippen LogP contribution < -0.4 is 4.74 Å². The van der Waals surface area contributed by atoms with Gasteiger partial charge < -0.3 is 4.74 Å². The monoisotopic (exact) mass is 426 g/mol. The lowest BCUT2D eigenvalue weighted by Gasteiger charge is -2.45. The molecule has 0 N–H and O–H groups in total. The summed E-state index contributed by atoms with van der Waals surface area (Å²) in [5.74, 6) is 3.69. The van der Waals surface area contributed by atoms with Gasteiger partial charge in [-0.15, -0.1) is 6.58 Å². The highest BCUT2D eigenvalue weighted by Gasteiger charge is 2.43. The van der Waals surface area contributed by atoms with E-state index in [1.807, 2.05) is 0 Å². The van der Waals surface area contributed by atoms with E-state index < -0.39 is 0 Å². The molecule has 0 bridgehead atoms. The second-order valence-electron chi connectivity index (χ2n) is 10.6. The highest BCUT2D eigenvalue weighted by Crippen LogP contribution is 2.50. The van der Waals surface area contributed by atoms with Gasteiger partial charge in [0.25, 0.3) is 0 Å². The van der Waals surface area contributed by atoms with E-state index in [0.29, 0.717) is 29.6 Å². The van der Waals surface area contributed by atoms with Gasteiger partial charge in [-0.1, -0.05) is 44.7 Å². The molecule has 4 unspecified atom stereocenters. The molecule has 0 aromatic heterocycles. The zero-order valence-electron chi connectivity index (χ0n) is 19.2. The largest absolute Gasteiger partial charge is 0.426 e. The van der Waals surface area contributed by atoms with Gasteiger partial charge in [-0.25, -0.2) is 4.39 Å². The number of hydrogen-bond donors (Lipinski definition) is 0. The second kappa shape index (κ2) is 10.3. The summed E-state index contributed by atoms with van der Waals surface area (Å²) in [5, 5.41) is 0. The Hall–Kier alpha value is -1.64. The molecule has 2 nitrogen and oxygen atoms in total. The Morgan fingerprint density at radius 1 is 1.06 bits per heavy atom. The molecule has 170 valence electrons. The third-order valence-corrected chi connectivity index (χ3v) is 8.58. The number of carbonyl (C=O) groups excluding carboxylic acids is 1. The minimum Gasteiger partial charge on any atom is -0.426 e. The number of fused-ring (bicyclic) bond motifs is 1. The first-order chi connectivity index (χ1) is 15.0. The number of esters is 1. The number of aryl methyl sites for hydroxylation is 1. The molecular weight excluding hydrogens is 387 g/mol. The van der Waals surface area contributed by atoms with Crippen molar-refractivity contribution in [1.82, 2.24) is 0 Å². The molecule has 0 heterocycles. The highest BCUT2D eigenvalue weighted by molar-refractivity contribution is 5.75. The number of ether oxygens (including phenoxy) is 1. The van der Waals surface area contributed by atoms with Crippen LogP contribution in [0.3, 0.4) is 0 Å². The summed E-state index contributed by atoms with van der Waals surface area (Å²) in [7, 11) is 0. The van der Waals surface area contributed by atoms with E-state index >= 15 is 0 Å². The predicted molar refractivity (Wildman–Crippen MR) is 123 cm³/mol. The fraction of sp³-hybridized carbons (Fsp3) is 0.679. The van der Waals surface area contributed by atoms with Gasteiger partial charge in [0.1, 0.15) is 11.6 Å². The minimum atomic E-state index is -0.295. The Bertz CT molecular complexity index is 764. The molecule has 1 aromatic rings. The molecule has 4 rings (SSSR count). The van der Waals surface area contributed by atoms with Crippen LogP contribution in [-0.2, 0) is 11.2 Å². The lowest BCUT2D eigenvalue weighted by Crippen LogP contribution is -2.40. The molecule has 0 aliphatic heterocycles. The number of carbonyl (C=O) groups is 1. The Balaban J connectivity index is 1.35.